The molecule has 1 heterocycles. The van der Waals surface area contributed by atoms with Crippen molar-refractivity contribution in [2.75, 3.05) is 17.2 Å². The quantitative estimate of drug-likeness (QED) is 0.813. The molecule has 2 aromatic rings. The molecule has 1 aromatic heterocycles. The van der Waals surface area contributed by atoms with Gasteiger partial charge in [-0.15, -0.1) is 6.58 Å². The molecule has 3 heteroatoms. The van der Waals surface area contributed by atoms with Gasteiger partial charge in [-0.3, -0.25) is 0 Å². The Morgan fingerprint density at radius 1 is 1.12 bits per heavy atom. The summed E-state index contributed by atoms with van der Waals surface area (Å²) < 4.78 is 0. The van der Waals surface area contributed by atoms with Crippen molar-refractivity contribution < 1.29 is 0 Å². The van der Waals surface area contributed by atoms with Crippen LogP contribution < -0.4 is 10.6 Å². The summed E-state index contributed by atoms with van der Waals surface area (Å²) in [6.45, 7) is 4.47. The minimum absolute atomic E-state index is 0.521. The van der Waals surface area contributed by atoms with E-state index in [4.69, 9.17) is 5.73 Å². The van der Waals surface area contributed by atoms with Crippen molar-refractivity contribution in [1.29, 1.82) is 0 Å². The van der Waals surface area contributed by atoms with Crippen molar-refractivity contribution in [3.05, 3.63) is 61.2 Å². The van der Waals surface area contributed by atoms with Crippen LogP contribution in [0.3, 0.4) is 0 Å². The summed E-state index contributed by atoms with van der Waals surface area (Å²) in [4.78, 5) is 6.38. The number of anilines is 3. The van der Waals surface area contributed by atoms with Crippen molar-refractivity contribution >= 4 is 17.3 Å². The Balaban J connectivity index is 2.39. The fourth-order valence-electron chi connectivity index (χ4n) is 1.66. The van der Waals surface area contributed by atoms with E-state index < -0.39 is 0 Å². The van der Waals surface area contributed by atoms with Crippen LogP contribution in [-0.2, 0) is 0 Å². The zero-order chi connectivity index (χ0) is 12.1. The number of nitrogens with two attached hydrogens (primary N) is 1. The molecule has 0 bridgehead atoms. The average molecular weight is 225 g/mol. The summed E-state index contributed by atoms with van der Waals surface area (Å²) in [6.07, 6.45) is 1.85. The van der Waals surface area contributed by atoms with Crippen LogP contribution in [0.15, 0.2) is 61.2 Å². The molecule has 0 spiro atoms. The van der Waals surface area contributed by atoms with E-state index in [1.807, 2.05) is 48.5 Å². The minimum atomic E-state index is 0.521. The molecule has 0 saturated heterocycles. The van der Waals surface area contributed by atoms with Gasteiger partial charge in [0.1, 0.15) is 11.6 Å². The Morgan fingerprint density at radius 2 is 1.88 bits per heavy atom. The molecule has 0 unspecified atom stereocenters. The highest BCUT2D eigenvalue weighted by Gasteiger charge is 2.08. The number of nitrogen functional groups attached to an aromatic ring is 1. The smallest absolute Gasteiger partial charge is 0.135 e. The van der Waals surface area contributed by atoms with Gasteiger partial charge in [-0.25, -0.2) is 4.98 Å². The van der Waals surface area contributed by atoms with Crippen molar-refractivity contribution in [3.63, 3.8) is 0 Å². The predicted molar refractivity (Wildman–Crippen MR) is 72.3 cm³/mol. The molecule has 0 radical (unpaired) electrons. The Morgan fingerprint density at radius 3 is 2.53 bits per heavy atom. The lowest BCUT2D eigenvalue weighted by molar-refractivity contribution is 1.05. The van der Waals surface area contributed by atoms with Gasteiger partial charge < -0.3 is 10.6 Å². The maximum absolute atomic E-state index is 5.71. The van der Waals surface area contributed by atoms with E-state index in [9.17, 15) is 0 Å². The van der Waals surface area contributed by atoms with Gasteiger partial charge >= 0.3 is 0 Å². The molecule has 0 aliphatic rings. The largest absolute Gasteiger partial charge is 0.384 e. The summed E-state index contributed by atoms with van der Waals surface area (Å²) in [7, 11) is 0. The predicted octanol–water partition coefficient (Wildman–Crippen LogP) is 2.99. The first-order chi connectivity index (χ1) is 8.31. The van der Waals surface area contributed by atoms with Crippen LogP contribution in [0, 0.1) is 0 Å². The standard InChI is InChI=1S/C14H15N3/c1-2-11-17(12-7-4-3-5-8-12)14-10-6-9-13(15)16-14/h2-10H,1,11H2,(H2,15,16). The first-order valence-corrected chi connectivity index (χ1v) is 5.47. The summed E-state index contributed by atoms with van der Waals surface area (Å²) in [5.41, 5.74) is 6.78. The second kappa shape index (κ2) is 5.16. The molecule has 1 aromatic carbocycles. The molecule has 0 fully saturated rings. The second-order valence-corrected chi connectivity index (χ2v) is 3.66. The number of rotatable bonds is 4. The van der Waals surface area contributed by atoms with Gasteiger partial charge in [0.2, 0.25) is 0 Å². The topological polar surface area (TPSA) is 42.1 Å². The number of hydrogen-bond acceptors (Lipinski definition) is 3. The van der Waals surface area contributed by atoms with Gasteiger partial charge in [-0.1, -0.05) is 30.3 Å². The first-order valence-electron chi connectivity index (χ1n) is 5.47. The lowest BCUT2D eigenvalue weighted by Gasteiger charge is -2.22. The average Bonchev–Trinajstić information content (AvgIpc) is 2.37. The number of hydrogen-bond donors (Lipinski definition) is 1. The fourth-order valence-corrected chi connectivity index (χ4v) is 1.66. The van der Waals surface area contributed by atoms with E-state index in [1.165, 1.54) is 0 Å². The second-order valence-electron chi connectivity index (χ2n) is 3.66. The zero-order valence-electron chi connectivity index (χ0n) is 9.58. The number of para-hydroxylation sites is 1. The van der Waals surface area contributed by atoms with Gasteiger partial charge in [0.15, 0.2) is 0 Å². The van der Waals surface area contributed by atoms with Crippen LogP contribution in [0.2, 0.25) is 0 Å². The Kier molecular flexibility index (Phi) is 3.40. The fraction of sp³-hybridized carbons (Fsp3) is 0.0714. The molecule has 0 amide bonds. The van der Waals surface area contributed by atoms with Gasteiger partial charge in [0, 0.05) is 12.2 Å². The molecule has 17 heavy (non-hydrogen) atoms. The van der Waals surface area contributed by atoms with E-state index in [0.29, 0.717) is 12.4 Å². The van der Waals surface area contributed by atoms with E-state index >= 15 is 0 Å². The van der Waals surface area contributed by atoms with Crippen molar-refractivity contribution in [1.82, 2.24) is 4.98 Å². The molecular formula is C14H15N3. The Bertz CT molecular complexity index is 494. The molecule has 0 aliphatic heterocycles. The normalized spacial score (nSPS) is 9.88. The van der Waals surface area contributed by atoms with E-state index in [2.05, 4.69) is 16.5 Å². The number of pyridine rings is 1. The molecule has 86 valence electrons. The third-order valence-electron chi connectivity index (χ3n) is 2.41. The summed E-state index contributed by atoms with van der Waals surface area (Å²) in [6, 6.07) is 15.7. The molecule has 2 N–H and O–H groups in total. The van der Waals surface area contributed by atoms with Gasteiger partial charge in [-0.2, -0.15) is 0 Å². The third kappa shape index (κ3) is 2.64. The van der Waals surface area contributed by atoms with Gasteiger partial charge in [-0.05, 0) is 24.3 Å². The van der Waals surface area contributed by atoms with Gasteiger partial charge in [0.05, 0.1) is 0 Å². The van der Waals surface area contributed by atoms with Crippen molar-refractivity contribution in [3.8, 4) is 0 Å². The molecule has 0 saturated carbocycles. The molecule has 2 rings (SSSR count). The van der Waals surface area contributed by atoms with E-state index in [1.54, 1.807) is 6.07 Å². The maximum atomic E-state index is 5.71. The van der Waals surface area contributed by atoms with Crippen LogP contribution >= 0.6 is 0 Å². The van der Waals surface area contributed by atoms with Crippen molar-refractivity contribution in [2.45, 2.75) is 0 Å². The molecule has 0 aliphatic carbocycles. The minimum Gasteiger partial charge on any atom is -0.384 e. The molecular weight excluding hydrogens is 210 g/mol. The van der Waals surface area contributed by atoms with E-state index in [-0.39, 0.29) is 0 Å². The number of aromatic nitrogens is 1. The molecule has 0 atom stereocenters. The van der Waals surface area contributed by atoms with E-state index in [0.717, 1.165) is 11.5 Å². The maximum Gasteiger partial charge on any atom is 0.135 e. The highest BCUT2D eigenvalue weighted by Crippen LogP contribution is 2.23. The SMILES string of the molecule is C=CCN(c1ccccc1)c1cccc(N)n1. The highest BCUT2D eigenvalue weighted by molar-refractivity contribution is 5.61. The zero-order valence-corrected chi connectivity index (χ0v) is 9.58. The van der Waals surface area contributed by atoms with Crippen LogP contribution in [0.5, 0.6) is 0 Å². The van der Waals surface area contributed by atoms with Crippen LogP contribution in [0.25, 0.3) is 0 Å². The summed E-state index contributed by atoms with van der Waals surface area (Å²) in [5.74, 6) is 1.35. The summed E-state index contributed by atoms with van der Waals surface area (Å²) in [5, 5.41) is 0. The number of nitrogens with zero attached hydrogens (tertiary/aromatic N) is 2. The van der Waals surface area contributed by atoms with Crippen molar-refractivity contribution in [2.24, 2.45) is 0 Å². The van der Waals surface area contributed by atoms with Gasteiger partial charge in [0.25, 0.3) is 0 Å². The lowest BCUT2D eigenvalue weighted by Crippen LogP contribution is -2.18. The highest BCUT2D eigenvalue weighted by atomic mass is 15.2. The number of benzene rings is 1. The summed E-state index contributed by atoms with van der Waals surface area (Å²) >= 11 is 0. The van der Waals surface area contributed by atoms with Crippen LogP contribution in [0.1, 0.15) is 0 Å². The third-order valence-corrected chi connectivity index (χ3v) is 2.41. The van der Waals surface area contributed by atoms with Crippen LogP contribution in [-0.4, -0.2) is 11.5 Å². The Hall–Kier alpha value is -2.29. The van der Waals surface area contributed by atoms with Crippen LogP contribution in [0.4, 0.5) is 17.3 Å². The lowest BCUT2D eigenvalue weighted by atomic mass is 10.2. The monoisotopic (exact) mass is 225 g/mol. The first kappa shape index (κ1) is 11.2. The Labute approximate surface area is 101 Å². The molecule has 3 nitrogen and oxygen atoms in total.